The number of hydrogen-bond acceptors (Lipinski definition) is 4. The van der Waals surface area contributed by atoms with Crippen LogP contribution in [0.1, 0.15) is 16.2 Å². The van der Waals surface area contributed by atoms with E-state index >= 15 is 0 Å². The van der Waals surface area contributed by atoms with Crippen LogP contribution in [0.4, 0.5) is 0 Å². The molecule has 0 radical (unpaired) electrons. The number of aromatic carboxylic acids is 1. The highest BCUT2D eigenvalue weighted by Gasteiger charge is 2.23. The standard InChI is InChI=1S/C12H7ClN2O4/c13-6-1-2-9-8(3-6)15-10(5-19-9)14-4-7(11(15)16)12(17)18/h1-4H,5H2,(H,17,18). The average molecular weight is 279 g/mol. The van der Waals surface area contributed by atoms with E-state index in [1.165, 1.54) is 10.6 Å². The first-order valence-corrected chi connectivity index (χ1v) is 5.72. The number of carbonyl (C=O) groups is 1. The zero-order valence-corrected chi connectivity index (χ0v) is 10.2. The first-order chi connectivity index (χ1) is 9.08. The van der Waals surface area contributed by atoms with Crippen molar-refractivity contribution in [1.29, 1.82) is 0 Å². The molecule has 3 rings (SSSR count). The van der Waals surface area contributed by atoms with Gasteiger partial charge in [0, 0.05) is 11.2 Å². The number of carboxylic acids is 1. The van der Waals surface area contributed by atoms with Crippen molar-refractivity contribution in [2.45, 2.75) is 6.61 Å². The number of ether oxygens (including phenoxy) is 1. The summed E-state index contributed by atoms with van der Waals surface area (Å²) in [6.45, 7) is 0.101. The van der Waals surface area contributed by atoms with E-state index in [0.717, 1.165) is 6.20 Å². The van der Waals surface area contributed by atoms with Crippen molar-refractivity contribution in [3.05, 3.63) is 51.2 Å². The molecule has 0 spiro atoms. The maximum absolute atomic E-state index is 12.2. The molecular weight excluding hydrogens is 272 g/mol. The molecule has 0 saturated carbocycles. The third-order valence-electron chi connectivity index (χ3n) is 2.78. The van der Waals surface area contributed by atoms with Crippen molar-refractivity contribution in [2.75, 3.05) is 0 Å². The summed E-state index contributed by atoms with van der Waals surface area (Å²) in [5.74, 6) is -0.518. The highest BCUT2D eigenvalue weighted by atomic mass is 35.5. The Morgan fingerprint density at radius 3 is 3.00 bits per heavy atom. The molecule has 2 heterocycles. The highest BCUT2D eigenvalue weighted by molar-refractivity contribution is 6.30. The molecule has 0 atom stereocenters. The molecule has 1 aliphatic heterocycles. The number of nitrogens with zero attached hydrogens (tertiary/aromatic N) is 2. The van der Waals surface area contributed by atoms with Crippen molar-refractivity contribution >= 4 is 17.6 Å². The molecule has 96 valence electrons. The Morgan fingerprint density at radius 1 is 1.47 bits per heavy atom. The monoisotopic (exact) mass is 278 g/mol. The Balaban J connectivity index is 2.35. The van der Waals surface area contributed by atoms with Gasteiger partial charge in [-0.25, -0.2) is 9.78 Å². The first kappa shape index (κ1) is 11.7. The van der Waals surface area contributed by atoms with Crippen molar-refractivity contribution in [1.82, 2.24) is 9.55 Å². The molecule has 6 nitrogen and oxygen atoms in total. The Labute approximate surface area is 111 Å². The van der Waals surface area contributed by atoms with E-state index in [9.17, 15) is 9.59 Å². The Kier molecular flexibility index (Phi) is 2.53. The van der Waals surface area contributed by atoms with Gasteiger partial charge in [0.2, 0.25) is 0 Å². The molecule has 19 heavy (non-hydrogen) atoms. The third-order valence-corrected chi connectivity index (χ3v) is 3.02. The Hall–Kier alpha value is -2.34. The fraction of sp³-hybridized carbons (Fsp3) is 0.0833. The quantitative estimate of drug-likeness (QED) is 0.854. The predicted octanol–water partition coefficient (Wildman–Crippen LogP) is 1.48. The van der Waals surface area contributed by atoms with Crippen molar-refractivity contribution in [3.63, 3.8) is 0 Å². The van der Waals surface area contributed by atoms with E-state index in [1.807, 2.05) is 0 Å². The van der Waals surface area contributed by atoms with Gasteiger partial charge in [-0.05, 0) is 18.2 Å². The van der Waals surface area contributed by atoms with Crippen LogP contribution < -0.4 is 10.3 Å². The molecule has 0 unspecified atom stereocenters. The summed E-state index contributed by atoms with van der Waals surface area (Å²) in [5, 5.41) is 9.38. The van der Waals surface area contributed by atoms with Crippen molar-refractivity contribution in [2.24, 2.45) is 0 Å². The van der Waals surface area contributed by atoms with Crippen LogP contribution in [0, 0.1) is 0 Å². The van der Waals surface area contributed by atoms with Gasteiger partial charge in [0.25, 0.3) is 5.56 Å². The summed E-state index contributed by atoms with van der Waals surface area (Å²) in [5.41, 5.74) is -0.643. The molecule has 0 fully saturated rings. The van der Waals surface area contributed by atoms with Gasteiger partial charge < -0.3 is 9.84 Å². The second kappa shape index (κ2) is 4.10. The van der Waals surface area contributed by atoms with Gasteiger partial charge in [-0.15, -0.1) is 0 Å². The van der Waals surface area contributed by atoms with Crippen LogP contribution >= 0.6 is 11.6 Å². The molecule has 1 aromatic carbocycles. The second-order valence-electron chi connectivity index (χ2n) is 3.93. The molecule has 0 aliphatic carbocycles. The van der Waals surface area contributed by atoms with Crippen LogP contribution in [0.2, 0.25) is 5.02 Å². The van der Waals surface area contributed by atoms with Crippen molar-refractivity contribution in [3.8, 4) is 11.4 Å². The van der Waals surface area contributed by atoms with E-state index in [-0.39, 0.29) is 6.61 Å². The van der Waals surface area contributed by atoms with Crippen LogP contribution in [0.15, 0.2) is 29.2 Å². The number of halogens is 1. The smallest absolute Gasteiger partial charge is 0.342 e. The van der Waals surface area contributed by atoms with Gasteiger partial charge in [0.15, 0.2) is 5.82 Å². The minimum absolute atomic E-state index is 0.101. The van der Waals surface area contributed by atoms with Crippen LogP contribution in [0.5, 0.6) is 5.75 Å². The first-order valence-electron chi connectivity index (χ1n) is 5.35. The lowest BCUT2D eigenvalue weighted by Crippen LogP contribution is -2.32. The van der Waals surface area contributed by atoms with E-state index in [1.54, 1.807) is 12.1 Å². The van der Waals surface area contributed by atoms with E-state index < -0.39 is 17.1 Å². The third kappa shape index (κ3) is 1.77. The molecule has 1 N–H and O–H groups in total. The van der Waals surface area contributed by atoms with E-state index in [4.69, 9.17) is 21.4 Å². The summed E-state index contributed by atoms with van der Waals surface area (Å²) in [7, 11) is 0. The van der Waals surface area contributed by atoms with Crippen LogP contribution in [-0.2, 0) is 6.61 Å². The summed E-state index contributed by atoms with van der Waals surface area (Å²) in [6.07, 6.45) is 1.04. The number of rotatable bonds is 1. The zero-order valence-electron chi connectivity index (χ0n) is 9.46. The summed E-state index contributed by atoms with van der Waals surface area (Å²) in [4.78, 5) is 27.1. The molecule has 2 aromatic rings. The summed E-state index contributed by atoms with van der Waals surface area (Å²) >= 11 is 5.89. The van der Waals surface area contributed by atoms with Gasteiger partial charge in [-0.3, -0.25) is 9.36 Å². The molecule has 0 amide bonds. The largest absolute Gasteiger partial charge is 0.483 e. The maximum atomic E-state index is 12.2. The topological polar surface area (TPSA) is 81.4 Å². The van der Waals surface area contributed by atoms with Gasteiger partial charge >= 0.3 is 5.97 Å². The number of benzene rings is 1. The minimum atomic E-state index is -1.32. The molecule has 0 saturated heterocycles. The molecule has 1 aliphatic rings. The lowest BCUT2D eigenvalue weighted by molar-refractivity contribution is 0.0693. The summed E-state index contributed by atoms with van der Waals surface area (Å²) < 4.78 is 6.65. The molecule has 7 heteroatoms. The fourth-order valence-electron chi connectivity index (χ4n) is 1.92. The summed E-state index contributed by atoms with van der Waals surface area (Å²) in [6, 6.07) is 4.79. The van der Waals surface area contributed by atoms with Gasteiger partial charge in [-0.1, -0.05) is 11.6 Å². The minimum Gasteiger partial charge on any atom is -0.483 e. The Morgan fingerprint density at radius 2 is 2.26 bits per heavy atom. The molecule has 0 bridgehead atoms. The number of fused-ring (bicyclic) bond motifs is 3. The van der Waals surface area contributed by atoms with Crippen LogP contribution in [-0.4, -0.2) is 20.6 Å². The maximum Gasteiger partial charge on any atom is 0.342 e. The van der Waals surface area contributed by atoms with E-state index in [2.05, 4.69) is 4.98 Å². The molecule has 1 aromatic heterocycles. The zero-order chi connectivity index (χ0) is 13.6. The highest BCUT2D eigenvalue weighted by Crippen LogP contribution is 2.30. The fourth-order valence-corrected chi connectivity index (χ4v) is 2.08. The van der Waals surface area contributed by atoms with Crippen LogP contribution in [0.25, 0.3) is 5.69 Å². The lowest BCUT2D eigenvalue weighted by atomic mass is 10.2. The second-order valence-corrected chi connectivity index (χ2v) is 4.37. The number of carboxylic acid groups (broad SMARTS) is 1. The SMILES string of the molecule is O=C(O)c1cnc2n(c1=O)-c1cc(Cl)ccc1OC2. The van der Waals surface area contributed by atoms with Gasteiger partial charge in [0.1, 0.15) is 17.9 Å². The van der Waals surface area contributed by atoms with Crippen molar-refractivity contribution < 1.29 is 14.6 Å². The predicted molar refractivity (Wildman–Crippen MR) is 66.1 cm³/mol. The molecular formula is C12H7ClN2O4. The van der Waals surface area contributed by atoms with Gasteiger partial charge in [-0.2, -0.15) is 0 Å². The van der Waals surface area contributed by atoms with E-state index in [0.29, 0.717) is 22.3 Å². The van der Waals surface area contributed by atoms with Crippen LogP contribution in [0.3, 0.4) is 0 Å². The Bertz CT molecular complexity index is 754. The number of aromatic nitrogens is 2. The normalized spacial score (nSPS) is 12.3. The number of hydrogen-bond donors (Lipinski definition) is 1. The van der Waals surface area contributed by atoms with Gasteiger partial charge in [0.05, 0.1) is 5.69 Å². The lowest BCUT2D eigenvalue weighted by Gasteiger charge is -2.21. The average Bonchev–Trinajstić information content (AvgIpc) is 2.37.